The normalized spacial score (nSPS) is 34.2. The standard InChI is InChI=1S/C12H18O3/c1-2-15-12(14)5-8-3-9-6-11(13)7-10(9)4-8/h8-10H,2-7H2,1H3/t8?,9-,10+. The van der Waals surface area contributed by atoms with Gasteiger partial charge in [-0.15, -0.1) is 0 Å². The van der Waals surface area contributed by atoms with Gasteiger partial charge in [-0.3, -0.25) is 9.59 Å². The molecule has 0 bridgehead atoms. The van der Waals surface area contributed by atoms with E-state index in [1.807, 2.05) is 6.92 Å². The number of ketones is 1. The molecule has 0 aliphatic heterocycles. The van der Waals surface area contributed by atoms with Crippen molar-refractivity contribution in [1.29, 1.82) is 0 Å². The Morgan fingerprint density at radius 1 is 1.33 bits per heavy atom. The molecule has 0 aromatic carbocycles. The van der Waals surface area contributed by atoms with E-state index in [-0.39, 0.29) is 5.97 Å². The summed E-state index contributed by atoms with van der Waals surface area (Å²) in [5.74, 6) is 1.94. The first-order chi connectivity index (χ1) is 7.19. The highest BCUT2D eigenvalue weighted by Crippen LogP contribution is 2.46. The largest absolute Gasteiger partial charge is 0.466 e. The molecule has 0 spiro atoms. The highest BCUT2D eigenvalue weighted by atomic mass is 16.5. The molecule has 15 heavy (non-hydrogen) atoms. The third-order valence-corrected chi connectivity index (χ3v) is 3.68. The zero-order chi connectivity index (χ0) is 10.8. The summed E-state index contributed by atoms with van der Waals surface area (Å²) in [5.41, 5.74) is 0. The minimum absolute atomic E-state index is 0.0752. The van der Waals surface area contributed by atoms with E-state index in [1.165, 1.54) is 0 Å². The number of rotatable bonds is 3. The van der Waals surface area contributed by atoms with Crippen LogP contribution in [0.25, 0.3) is 0 Å². The fraction of sp³-hybridized carbons (Fsp3) is 0.833. The maximum atomic E-state index is 11.3. The van der Waals surface area contributed by atoms with Gasteiger partial charge in [-0.25, -0.2) is 0 Å². The summed E-state index contributed by atoms with van der Waals surface area (Å²) < 4.78 is 4.94. The molecule has 0 aromatic heterocycles. The van der Waals surface area contributed by atoms with Gasteiger partial charge in [0.25, 0.3) is 0 Å². The first kappa shape index (κ1) is 10.7. The Hall–Kier alpha value is -0.860. The molecule has 0 radical (unpaired) electrons. The van der Waals surface area contributed by atoms with Crippen LogP contribution in [0.3, 0.4) is 0 Å². The van der Waals surface area contributed by atoms with Gasteiger partial charge in [0.1, 0.15) is 5.78 Å². The molecule has 0 saturated heterocycles. The SMILES string of the molecule is CCOC(=O)CC1C[C@H]2CC(=O)C[C@H]2C1. The van der Waals surface area contributed by atoms with Crippen LogP contribution in [0.4, 0.5) is 0 Å². The number of carbonyl (C=O) groups is 2. The molecule has 1 unspecified atom stereocenters. The summed E-state index contributed by atoms with van der Waals surface area (Å²) in [5, 5.41) is 0. The Bertz CT molecular complexity index is 256. The molecule has 3 atom stereocenters. The molecule has 3 nitrogen and oxygen atoms in total. The first-order valence-electron chi connectivity index (χ1n) is 5.86. The van der Waals surface area contributed by atoms with E-state index in [0.29, 0.717) is 36.6 Å². The van der Waals surface area contributed by atoms with E-state index in [4.69, 9.17) is 4.74 Å². The van der Waals surface area contributed by atoms with Crippen LogP contribution < -0.4 is 0 Å². The fourth-order valence-electron chi connectivity index (χ4n) is 3.13. The van der Waals surface area contributed by atoms with Gasteiger partial charge in [0.05, 0.1) is 6.61 Å². The minimum Gasteiger partial charge on any atom is -0.466 e. The van der Waals surface area contributed by atoms with Crippen molar-refractivity contribution in [2.45, 2.75) is 39.0 Å². The van der Waals surface area contributed by atoms with Gasteiger partial charge in [0.2, 0.25) is 0 Å². The van der Waals surface area contributed by atoms with Gasteiger partial charge >= 0.3 is 5.97 Å². The van der Waals surface area contributed by atoms with Crippen molar-refractivity contribution in [2.24, 2.45) is 17.8 Å². The Labute approximate surface area is 90.2 Å². The second-order valence-corrected chi connectivity index (χ2v) is 4.81. The van der Waals surface area contributed by atoms with Gasteiger partial charge in [-0.2, -0.15) is 0 Å². The summed E-state index contributed by atoms with van der Waals surface area (Å²) in [6.45, 7) is 2.30. The highest BCUT2D eigenvalue weighted by Gasteiger charge is 2.41. The zero-order valence-electron chi connectivity index (χ0n) is 9.20. The van der Waals surface area contributed by atoms with Crippen LogP contribution in [0.5, 0.6) is 0 Å². The van der Waals surface area contributed by atoms with Crippen LogP contribution in [0.2, 0.25) is 0 Å². The van der Waals surface area contributed by atoms with Crippen LogP contribution in [0, 0.1) is 17.8 Å². The highest BCUT2D eigenvalue weighted by molar-refractivity contribution is 5.81. The maximum Gasteiger partial charge on any atom is 0.306 e. The molecule has 0 amide bonds. The number of carbonyl (C=O) groups excluding carboxylic acids is 2. The summed E-state index contributed by atoms with van der Waals surface area (Å²) in [6, 6.07) is 0. The summed E-state index contributed by atoms with van der Waals surface area (Å²) in [4.78, 5) is 22.5. The van der Waals surface area contributed by atoms with E-state index in [0.717, 1.165) is 25.7 Å². The number of fused-ring (bicyclic) bond motifs is 1. The molecule has 3 heteroatoms. The molecular formula is C12H18O3. The third kappa shape index (κ3) is 2.39. The zero-order valence-corrected chi connectivity index (χ0v) is 9.20. The van der Waals surface area contributed by atoms with Crippen molar-refractivity contribution in [3.63, 3.8) is 0 Å². The van der Waals surface area contributed by atoms with Crippen LogP contribution in [0.1, 0.15) is 39.0 Å². The Morgan fingerprint density at radius 2 is 1.93 bits per heavy atom. The molecule has 2 rings (SSSR count). The second kappa shape index (κ2) is 4.33. The first-order valence-corrected chi connectivity index (χ1v) is 5.86. The Kier molecular flexibility index (Phi) is 3.08. The molecule has 0 N–H and O–H groups in total. The number of ether oxygens (including phenoxy) is 1. The minimum atomic E-state index is -0.0752. The summed E-state index contributed by atoms with van der Waals surface area (Å²) in [6.07, 6.45) is 4.16. The van der Waals surface area contributed by atoms with Crippen molar-refractivity contribution < 1.29 is 14.3 Å². The van der Waals surface area contributed by atoms with Crippen LogP contribution in [-0.4, -0.2) is 18.4 Å². The van der Waals surface area contributed by atoms with Gasteiger partial charge in [0, 0.05) is 19.3 Å². The van der Waals surface area contributed by atoms with Crippen molar-refractivity contribution in [3.05, 3.63) is 0 Å². The van der Waals surface area contributed by atoms with Crippen LogP contribution >= 0.6 is 0 Å². The van der Waals surface area contributed by atoms with E-state index in [9.17, 15) is 9.59 Å². The predicted octanol–water partition coefficient (Wildman–Crippen LogP) is 1.94. The van der Waals surface area contributed by atoms with Gasteiger partial charge in [-0.05, 0) is 37.5 Å². The van der Waals surface area contributed by atoms with E-state index < -0.39 is 0 Å². The topological polar surface area (TPSA) is 43.4 Å². The average molecular weight is 210 g/mol. The second-order valence-electron chi connectivity index (χ2n) is 4.81. The summed E-state index contributed by atoms with van der Waals surface area (Å²) >= 11 is 0. The van der Waals surface area contributed by atoms with Crippen molar-refractivity contribution >= 4 is 11.8 Å². The Balaban J connectivity index is 1.79. The van der Waals surface area contributed by atoms with Gasteiger partial charge in [-0.1, -0.05) is 0 Å². The smallest absolute Gasteiger partial charge is 0.306 e. The third-order valence-electron chi connectivity index (χ3n) is 3.68. The van der Waals surface area contributed by atoms with Crippen LogP contribution in [0.15, 0.2) is 0 Å². The van der Waals surface area contributed by atoms with E-state index in [1.54, 1.807) is 0 Å². The lowest BCUT2D eigenvalue weighted by Crippen LogP contribution is -2.10. The average Bonchev–Trinajstić information content (AvgIpc) is 2.60. The lowest BCUT2D eigenvalue weighted by molar-refractivity contribution is -0.144. The van der Waals surface area contributed by atoms with Gasteiger partial charge < -0.3 is 4.74 Å². The molecule has 0 heterocycles. The maximum absolute atomic E-state index is 11.3. The monoisotopic (exact) mass is 210 g/mol. The van der Waals surface area contributed by atoms with Crippen LogP contribution in [-0.2, 0) is 14.3 Å². The quantitative estimate of drug-likeness (QED) is 0.669. The van der Waals surface area contributed by atoms with E-state index in [2.05, 4.69) is 0 Å². The molecule has 2 saturated carbocycles. The number of hydrogen-bond donors (Lipinski definition) is 0. The summed E-state index contributed by atoms with van der Waals surface area (Å²) in [7, 11) is 0. The molecule has 84 valence electrons. The number of hydrogen-bond acceptors (Lipinski definition) is 3. The van der Waals surface area contributed by atoms with Gasteiger partial charge in [0.15, 0.2) is 0 Å². The molecule has 0 aromatic rings. The lowest BCUT2D eigenvalue weighted by Gasteiger charge is -2.09. The van der Waals surface area contributed by atoms with Crippen molar-refractivity contribution in [2.75, 3.05) is 6.61 Å². The molecular weight excluding hydrogens is 192 g/mol. The molecule has 2 aliphatic carbocycles. The van der Waals surface area contributed by atoms with Crippen molar-refractivity contribution in [1.82, 2.24) is 0 Å². The predicted molar refractivity (Wildman–Crippen MR) is 55.2 cm³/mol. The molecule has 2 aliphatic rings. The lowest BCUT2D eigenvalue weighted by atomic mass is 10.00. The van der Waals surface area contributed by atoms with Crippen molar-refractivity contribution in [3.8, 4) is 0 Å². The Morgan fingerprint density at radius 3 is 2.47 bits per heavy atom. The molecule has 2 fully saturated rings. The van der Waals surface area contributed by atoms with E-state index >= 15 is 0 Å². The fourth-order valence-corrected chi connectivity index (χ4v) is 3.13. The number of Topliss-reactive ketones (excluding diaryl/α,β-unsaturated/α-hetero) is 1. The number of esters is 1.